The number of hydrogen-bond donors (Lipinski definition) is 3. The number of nitrogens with two attached hydrogens (primary N) is 2. The topological polar surface area (TPSA) is 67.8 Å². The Morgan fingerprint density at radius 1 is 0.737 bits per heavy atom. The number of nitrogens with one attached hydrogen (secondary N) is 1. The fourth-order valence-corrected chi connectivity index (χ4v) is 2.35. The van der Waals surface area contributed by atoms with Gasteiger partial charge in [0.15, 0.2) is 0 Å². The van der Waals surface area contributed by atoms with E-state index in [2.05, 4.69) is 17.1 Å². The maximum Gasteiger partial charge on any atom is 0.0503 e. The van der Waals surface area contributed by atoms with Gasteiger partial charge in [-0.25, -0.2) is 0 Å². The Balaban J connectivity index is 2.15. The zero-order valence-electron chi connectivity index (χ0n) is 11.3. The highest BCUT2D eigenvalue weighted by atomic mass is 14.8. The van der Waals surface area contributed by atoms with E-state index in [9.17, 15) is 0 Å². The number of rotatable bonds is 0. The van der Waals surface area contributed by atoms with Gasteiger partial charge in [-0.2, -0.15) is 0 Å². The van der Waals surface area contributed by atoms with Crippen molar-refractivity contribution in [2.75, 3.05) is 0 Å². The van der Waals surface area contributed by atoms with E-state index < -0.39 is 11.1 Å². The average Bonchev–Trinajstić information content (AvgIpc) is 2.49. The lowest BCUT2D eigenvalue weighted by molar-refractivity contribution is 0.742. The number of H-pyrrole nitrogens is 1. The summed E-state index contributed by atoms with van der Waals surface area (Å²) < 4.78 is 0. The van der Waals surface area contributed by atoms with Gasteiger partial charge < -0.3 is 16.5 Å². The molecule has 0 saturated carbocycles. The molecule has 0 spiro atoms. The normalized spacial score (nSPS) is 31.8. The molecule has 3 rings (SSSR count). The van der Waals surface area contributed by atoms with Gasteiger partial charge in [-0.3, -0.25) is 0 Å². The molecule has 1 heterocycles. The second-order valence-corrected chi connectivity index (χ2v) is 5.85. The van der Waals surface area contributed by atoms with Crippen molar-refractivity contribution >= 4 is 24.3 Å². The van der Waals surface area contributed by atoms with Gasteiger partial charge in [0.2, 0.25) is 0 Å². The van der Waals surface area contributed by atoms with Crippen molar-refractivity contribution in [3.63, 3.8) is 0 Å². The molecule has 0 bridgehead atoms. The number of hydrogen-bond acceptors (Lipinski definition) is 2. The molecule has 0 aliphatic heterocycles. The summed E-state index contributed by atoms with van der Waals surface area (Å²) in [6.45, 7) is 3.97. The SMILES string of the molecule is CC1(N)C=Cc2[nH]c3c(c2C=C1)C=CC(C)(N)C=C3. The standard InChI is InChI=1S/C16H19N3/c1-15(17)7-3-11-12-4-8-16(2,18)10-6-14(12)19-13(11)5-9-15/h3-10,19H,17-18H2,1-2H3. The first-order valence-electron chi connectivity index (χ1n) is 6.47. The first-order valence-corrected chi connectivity index (χ1v) is 6.47. The number of fused-ring (bicyclic) bond motifs is 3. The third-order valence-electron chi connectivity index (χ3n) is 3.58. The first kappa shape index (κ1) is 12.2. The zero-order valence-corrected chi connectivity index (χ0v) is 11.3. The van der Waals surface area contributed by atoms with Crippen LogP contribution in [0.2, 0.25) is 0 Å². The number of aromatic amines is 1. The molecule has 98 valence electrons. The summed E-state index contributed by atoms with van der Waals surface area (Å²) in [7, 11) is 0. The predicted molar refractivity (Wildman–Crippen MR) is 82.1 cm³/mol. The average molecular weight is 253 g/mol. The van der Waals surface area contributed by atoms with Crippen molar-refractivity contribution in [2.24, 2.45) is 11.5 Å². The van der Waals surface area contributed by atoms with Gasteiger partial charge in [-0.05, 0) is 26.0 Å². The van der Waals surface area contributed by atoms with Crippen molar-refractivity contribution in [1.82, 2.24) is 4.98 Å². The van der Waals surface area contributed by atoms with Gasteiger partial charge in [0, 0.05) is 22.5 Å². The largest absolute Gasteiger partial charge is 0.355 e. The minimum absolute atomic E-state index is 0.403. The van der Waals surface area contributed by atoms with Crippen LogP contribution in [0, 0.1) is 0 Å². The van der Waals surface area contributed by atoms with Crippen LogP contribution in [0.3, 0.4) is 0 Å². The Kier molecular flexibility index (Phi) is 2.46. The van der Waals surface area contributed by atoms with Gasteiger partial charge >= 0.3 is 0 Å². The monoisotopic (exact) mass is 253 g/mol. The molecule has 2 atom stereocenters. The Labute approximate surface area is 113 Å². The highest BCUT2D eigenvalue weighted by Gasteiger charge is 2.20. The quantitative estimate of drug-likeness (QED) is 0.665. The van der Waals surface area contributed by atoms with Crippen molar-refractivity contribution in [3.05, 3.63) is 46.8 Å². The van der Waals surface area contributed by atoms with E-state index in [1.165, 1.54) is 11.1 Å². The molecule has 0 aromatic carbocycles. The molecule has 5 N–H and O–H groups in total. The van der Waals surface area contributed by atoms with E-state index in [0.717, 1.165) is 11.4 Å². The van der Waals surface area contributed by atoms with Crippen LogP contribution in [-0.2, 0) is 0 Å². The van der Waals surface area contributed by atoms with E-state index in [1.54, 1.807) is 0 Å². The first-order chi connectivity index (χ1) is 8.86. The molecule has 0 radical (unpaired) electrons. The Bertz CT molecular complexity index is 583. The van der Waals surface area contributed by atoms with Crippen LogP contribution >= 0.6 is 0 Å². The summed E-state index contributed by atoms with van der Waals surface area (Å²) in [5.74, 6) is 0. The molecule has 0 fully saturated rings. The second kappa shape index (κ2) is 3.83. The summed E-state index contributed by atoms with van der Waals surface area (Å²) in [6, 6.07) is 0. The molecule has 0 saturated heterocycles. The summed E-state index contributed by atoms with van der Waals surface area (Å²) in [5, 5.41) is 0. The molecule has 0 amide bonds. The lowest BCUT2D eigenvalue weighted by atomic mass is 10.0. The fourth-order valence-electron chi connectivity index (χ4n) is 2.35. The van der Waals surface area contributed by atoms with Gasteiger partial charge in [-0.15, -0.1) is 0 Å². The van der Waals surface area contributed by atoms with E-state index in [4.69, 9.17) is 11.5 Å². The van der Waals surface area contributed by atoms with Gasteiger partial charge in [0.05, 0.1) is 11.1 Å². The van der Waals surface area contributed by atoms with Crippen molar-refractivity contribution in [2.45, 2.75) is 24.9 Å². The Morgan fingerprint density at radius 3 is 1.53 bits per heavy atom. The molecule has 2 aliphatic carbocycles. The Hall–Kier alpha value is -1.84. The maximum absolute atomic E-state index is 6.13. The molecule has 3 heteroatoms. The molecule has 2 aliphatic rings. The molecule has 2 unspecified atom stereocenters. The maximum atomic E-state index is 6.13. The molecule has 1 aromatic rings. The van der Waals surface area contributed by atoms with Crippen LogP contribution in [0.1, 0.15) is 36.4 Å². The van der Waals surface area contributed by atoms with Crippen LogP contribution in [0.15, 0.2) is 24.3 Å². The van der Waals surface area contributed by atoms with Crippen LogP contribution in [-0.4, -0.2) is 16.1 Å². The fraction of sp³-hybridized carbons (Fsp3) is 0.250. The van der Waals surface area contributed by atoms with Crippen LogP contribution < -0.4 is 11.5 Å². The predicted octanol–water partition coefficient (Wildman–Crippen LogP) is 2.53. The molecular weight excluding hydrogens is 234 g/mol. The van der Waals surface area contributed by atoms with E-state index in [1.807, 2.05) is 50.3 Å². The zero-order chi connectivity index (χ0) is 13.7. The van der Waals surface area contributed by atoms with Crippen LogP contribution in [0.25, 0.3) is 24.3 Å². The summed E-state index contributed by atoms with van der Waals surface area (Å²) in [5.41, 5.74) is 16.0. The second-order valence-electron chi connectivity index (χ2n) is 5.85. The highest BCUT2D eigenvalue weighted by molar-refractivity contribution is 5.82. The highest BCUT2D eigenvalue weighted by Crippen LogP contribution is 2.30. The minimum Gasteiger partial charge on any atom is -0.355 e. The van der Waals surface area contributed by atoms with Gasteiger partial charge in [0.1, 0.15) is 0 Å². The van der Waals surface area contributed by atoms with Crippen LogP contribution in [0.4, 0.5) is 0 Å². The summed E-state index contributed by atoms with van der Waals surface area (Å²) in [4.78, 5) is 3.42. The van der Waals surface area contributed by atoms with Crippen LogP contribution in [0.5, 0.6) is 0 Å². The number of aromatic nitrogens is 1. The van der Waals surface area contributed by atoms with Crippen molar-refractivity contribution in [3.8, 4) is 0 Å². The molecule has 3 nitrogen and oxygen atoms in total. The third-order valence-corrected chi connectivity index (χ3v) is 3.58. The lowest BCUT2D eigenvalue weighted by Crippen LogP contribution is -2.30. The minimum atomic E-state index is -0.403. The molecule has 19 heavy (non-hydrogen) atoms. The van der Waals surface area contributed by atoms with Gasteiger partial charge in [-0.1, -0.05) is 36.5 Å². The molecular formula is C16H19N3. The van der Waals surface area contributed by atoms with E-state index in [0.29, 0.717) is 0 Å². The lowest BCUT2D eigenvalue weighted by Gasteiger charge is -2.12. The smallest absolute Gasteiger partial charge is 0.0503 e. The summed E-state index contributed by atoms with van der Waals surface area (Å²) >= 11 is 0. The summed E-state index contributed by atoms with van der Waals surface area (Å²) in [6.07, 6.45) is 16.3. The van der Waals surface area contributed by atoms with Crippen molar-refractivity contribution in [1.29, 1.82) is 0 Å². The third kappa shape index (κ3) is 2.23. The van der Waals surface area contributed by atoms with Crippen molar-refractivity contribution < 1.29 is 0 Å². The van der Waals surface area contributed by atoms with Gasteiger partial charge in [0.25, 0.3) is 0 Å². The van der Waals surface area contributed by atoms with E-state index in [-0.39, 0.29) is 0 Å². The van der Waals surface area contributed by atoms with E-state index >= 15 is 0 Å². The molecule has 1 aromatic heterocycles. The Morgan fingerprint density at radius 2 is 1.11 bits per heavy atom.